The molecule has 0 aromatic heterocycles. The highest BCUT2D eigenvalue weighted by atomic mass is 16.3. The molecule has 1 rings (SSSR count). The summed E-state index contributed by atoms with van der Waals surface area (Å²) < 4.78 is 0. The number of nitrogens with two attached hydrogens (primary N) is 1. The van der Waals surface area contributed by atoms with Gasteiger partial charge in [-0.2, -0.15) is 0 Å². The number of aliphatic hydroxyl groups is 1. The third-order valence-corrected chi connectivity index (χ3v) is 3.22. The van der Waals surface area contributed by atoms with Crippen molar-refractivity contribution in [3.63, 3.8) is 0 Å². The number of aliphatic hydroxyl groups excluding tert-OH is 1. The van der Waals surface area contributed by atoms with Crippen LogP contribution in [0.15, 0.2) is 4.99 Å². The molecule has 0 aromatic carbocycles. The second kappa shape index (κ2) is 6.74. The molecule has 0 aliphatic heterocycles. The lowest BCUT2D eigenvalue weighted by Crippen LogP contribution is -2.43. The van der Waals surface area contributed by atoms with Gasteiger partial charge in [0.25, 0.3) is 0 Å². The van der Waals surface area contributed by atoms with E-state index in [0.29, 0.717) is 17.9 Å². The third kappa shape index (κ3) is 4.39. The van der Waals surface area contributed by atoms with Gasteiger partial charge in [-0.15, -0.1) is 0 Å². The fourth-order valence-electron chi connectivity index (χ4n) is 2.17. The predicted molar refractivity (Wildman–Crippen MR) is 67.3 cm³/mol. The molecule has 0 radical (unpaired) electrons. The maximum Gasteiger partial charge on any atom is 0.189 e. The van der Waals surface area contributed by atoms with Gasteiger partial charge in [0.15, 0.2) is 5.96 Å². The molecule has 0 aromatic rings. The number of aliphatic imine (C=N–C) groups is 1. The quantitative estimate of drug-likeness (QED) is 0.489. The van der Waals surface area contributed by atoms with E-state index in [1.807, 2.05) is 0 Å². The highest BCUT2D eigenvalue weighted by Crippen LogP contribution is 2.20. The normalized spacial score (nSPS) is 20.4. The Balaban J connectivity index is 2.42. The molecule has 16 heavy (non-hydrogen) atoms. The molecule has 0 spiro atoms. The summed E-state index contributed by atoms with van der Waals surface area (Å²) >= 11 is 0. The number of nitrogens with one attached hydrogen (secondary N) is 1. The van der Waals surface area contributed by atoms with Gasteiger partial charge in [0.2, 0.25) is 0 Å². The molecule has 1 aliphatic rings. The van der Waals surface area contributed by atoms with Gasteiger partial charge in [-0.1, -0.05) is 26.7 Å². The fourth-order valence-corrected chi connectivity index (χ4v) is 2.17. The van der Waals surface area contributed by atoms with Gasteiger partial charge in [-0.3, -0.25) is 4.99 Å². The molecule has 1 unspecified atom stereocenters. The van der Waals surface area contributed by atoms with Gasteiger partial charge >= 0.3 is 0 Å². The lowest BCUT2D eigenvalue weighted by Gasteiger charge is -2.22. The molecule has 4 N–H and O–H groups in total. The summed E-state index contributed by atoms with van der Waals surface area (Å²) in [6.07, 6.45) is 5.58. The first-order chi connectivity index (χ1) is 7.63. The maximum atomic E-state index is 8.96. The standard InChI is InChI=1S/C12H25N3O/c1-9(2)11(7-8-16)15-12(13)14-10-5-3-4-6-10/h9-11,16H,3-8H2,1-2H3,(H3,13,14,15). The Hall–Kier alpha value is -0.770. The van der Waals surface area contributed by atoms with Crippen molar-refractivity contribution in [3.8, 4) is 0 Å². The summed E-state index contributed by atoms with van der Waals surface area (Å²) in [6.45, 7) is 4.43. The largest absolute Gasteiger partial charge is 0.396 e. The first kappa shape index (κ1) is 13.3. The Morgan fingerprint density at radius 1 is 1.44 bits per heavy atom. The number of hydrogen-bond acceptors (Lipinski definition) is 2. The van der Waals surface area contributed by atoms with Crippen LogP contribution in [0.3, 0.4) is 0 Å². The monoisotopic (exact) mass is 227 g/mol. The summed E-state index contributed by atoms with van der Waals surface area (Å²) in [6, 6.07) is 0.629. The van der Waals surface area contributed by atoms with Crippen molar-refractivity contribution in [2.45, 2.75) is 58.0 Å². The molecule has 1 saturated carbocycles. The molecule has 0 bridgehead atoms. The summed E-state index contributed by atoms with van der Waals surface area (Å²) in [4.78, 5) is 4.48. The van der Waals surface area contributed by atoms with Crippen LogP contribution >= 0.6 is 0 Å². The Kier molecular flexibility index (Phi) is 5.60. The highest BCUT2D eigenvalue weighted by Gasteiger charge is 2.16. The Morgan fingerprint density at radius 2 is 2.06 bits per heavy atom. The average molecular weight is 227 g/mol. The molecular weight excluding hydrogens is 202 g/mol. The molecule has 1 atom stereocenters. The molecule has 0 heterocycles. The minimum Gasteiger partial charge on any atom is -0.396 e. The van der Waals surface area contributed by atoms with E-state index in [2.05, 4.69) is 24.2 Å². The summed E-state index contributed by atoms with van der Waals surface area (Å²) in [5, 5.41) is 12.2. The summed E-state index contributed by atoms with van der Waals surface area (Å²) in [7, 11) is 0. The van der Waals surface area contributed by atoms with Gasteiger partial charge in [0.1, 0.15) is 0 Å². The Morgan fingerprint density at radius 3 is 2.56 bits per heavy atom. The molecule has 94 valence electrons. The van der Waals surface area contributed by atoms with Crippen molar-refractivity contribution >= 4 is 5.96 Å². The van der Waals surface area contributed by atoms with Gasteiger partial charge in [0.05, 0.1) is 6.04 Å². The van der Waals surface area contributed by atoms with Crippen LogP contribution in [0.1, 0.15) is 46.0 Å². The summed E-state index contributed by atoms with van der Waals surface area (Å²) in [5.74, 6) is 0.989. The van der Waals surface area contributed by atoms with E-state index in [4.69, 9.17) is 10.8 Å². The van der Waals surface area contributed by atoms with E-state index in [9.17, 15) is 0 Å². The fraction of sp³-hybridized carbons (Fsp3) is 0.917. The highest BCUT2D eigenvalue weighted by molar-refractivity contribution is 5.78. The Labute approximate surface area is 98.3 Å². The lowest BCUT2D eigenvalue weighted by atomic mass is 10.0. The van der Waals surface area contributed by atoms with Gasteiger partial charge < -0.3 is 16.2 Å². The average Bonchev–Trinajstić information content (AvgIpc) is 2.69. The van der Waals surface area contributed by atoms with Gasteiger partial charge in [-0.05, 0) is 25.2 Å². The topological polar surface area (TPSA) is 70.6 Å². The molecule has 1 aliphatic carbocycles. The Bertz CT molecular complexity index is 222. The van der Waals surface area contributed by atoms with Crippen molar-refractivity contribution in [2.24, 2.45) is 16.6 Å². The van der Waals surface area contributed by atoms with Crippen molar-refractivity contribution in [1.82, 2.24) is 5.32 Å². The number of nitrogens with zero attached hydrogens (tertiary/aromatic N) is 1. The first-order valence-corrected chi connectivity index (χ1v) is 6.34. The van der Waals surface area contributed by atoms with E-state index in [0.717, 1.165) is 19.3 Å². The van der Waals surface area contributed by atoms with Crippen LogP contribution in [0.2, 0.25) is 0 Å². The number of hydrogen-bond donors (Lipinski definition) is 3. The molecule has 1 fully saturated rings. The number of guanidine groups is 1. The molecular formula is C12H25N3O. The van der Waals surface area contributed by atoms with Gasteiger partial charge in [0, 0.05) is 12.6 Å². The molecule has 4 nitrogen and oxygen atoms in total. The van der Waals surface area contributed by atoms with Crippen molar-refractivity contribution < 1.29 is 5.11 Å². The third-order valence-electron chi connectivity index (χ3n) is 3.22. The van der Waals surface area contributed by atoms with Crippen LogP contribution in [0.5, 0.6) is 0 Å². The minimum absolute atomic E-state index is 0.187. The summed E-state index contributed by atoms with van der Waals surface area (Å²) in [5.41, 5.74) is 5.88. The zero-order valence-corrected chi connectivity index (χ0v) is 10.4. The van der Waals surface area contributed by atoms with Crippen molar-refractivity contribution in [2.75, 3.05) is 6.61 Å². The van der Waals surface area contributed by atoms with E-state index in [1.54, 1.807) is 0 Å². The lowest BCUT2D eigenvalue weighted by molar-refractivity contribution is 0.254. The zero-order valence-electron chi connectivity index (χ0n) is 10.4. The van der Waals surface area contributed by atoms with Crippen LogP contribution in [-0.2, 0) is 0 Å². The maximum absolute atomic E-state index is 8.96. The van der Waals surface area contributed by atoms with Crippen LogP contribution in [-0.4, -0.2) is 29.8 Å². The van der Waals surface area contributed by atoms with Crippen molar-refractivity contribution in [1.29, 1.82) is 0 Å². The molecule has 4 heteroatoms. The first-order valence-electron chi connectivity index (χ1n) is 6.34. The SMILES string of the molecule is CC(C)C(CCO)NC(N)=NC1CCCC1. The predicted octanol–water partition coefficient (Wildman–Crippen LogP) is 1.24. The smallest absolute Gasteiger partial charge is 0.189 e. The molecule has 0 amide bonds. The van der Waals surface area contributed by atoms with E-state index < -0.39 is 0 Å². The van der Waals surface area contributed by atoms with Crippen LogP contribution in [0.25, 0.3) is 0 Å². The van der Waals surface area contributed by atoms with Crippen LogP contribution < -0.4 is 11.1 Å². The molecule has 0 saturated heterocycles. The van der Waals surface area contributed by atoms with Crippen LogP contribution in [0, 0.1) is 5.92 Å². The zero-order chi connectivity index (χ0) is 12.0. The minimum atomic E-state index is 0.187. The van der Waals surface area contributed by atoms with Crippen molar-refractivity contribution in [3.05, 3.63) is 0 Å². The van der Waals surface area contributed by atoms with Crippen LogP contribution in [0.4, 0.5) is 0 Å². The van der Waals surface area contributed by atoms with E-state index in [1.165, 1.54) is 12.8 Å². The van der Waals surface area contributed by atoms with E-state index >= 15 is 0 Å². The van der Waals surface area contributed by atoms with Gasteiger partial charge in [-0.25, -0.2) is 0 Å². The van der Waals surface area contributed by atoms with E-state index in [-0.39, 0.29) is 12.6 Å². The second-order valence-electron chi connectivity index (χ2n) is 4.96. The number of rotatable bonds is 5. The second-order valence-corrected chi connectivity index (χ2v) is 4.96.